The maximum atomic E-state index is 12.1. The lowest BCUT2D eigenvalue weighted by Crippen LogP contribution is -2.39. The van der Waals surface area contributed by atoms with Gasteiger partial charge in [0.1, 0.15) is 0 Å². The maximum Gasteiger partial charge on any atom is 0.390 e. The van der Waals surface area contributed by atoms with Crippen LogP contribution in [0.25, 0.3) is 0 Å². The number of nitrogens with zero attached hydrogens (tertiary/aromatic N) is 3. The van der Waals surface area contributed by atoms with E-state index in [9.17, 15) is 13.2 Å². The van der Waals surface area contributed by atoms with E-state index in [0.29, 0.717) is 12.5 Å². The van der Waals surface area contributed by atoms with Crippen molar-refractivity contribution in [3.63, 3.8) is 0 Å². The Morgan fingerprint density at radius 3 is 2.27 bits per heavy atom. The summed E-state index contributed by atoms with van der Waals surface area (Å²) in [4.78, 5) is 3.90. The van der Waals surface area contributed by atoms with E-state index in [-0.39, 0.29) is 30.5 Å². The summed E-state index contributed by atoms with van der Waals surface area (Å²) in [5.74, 6) is 0.374. The lowest BCUT2D eigenvalue weighted by atomic mass is 10.1. The highest BCUT2D eigenvalue weighted by Gasteiger charge is 2.26. The molecule has 0 radical (unpaired) electrons. The van der Waals surface area contributed by atoms with Gasteiger partial charge in [0.15, 0.2) is 5.96 Å². The standard InChI is InChI=1S/C13H22F3N5.HI/c1-9-11(10(2)21(4)20-9)5-7-18-12(17-3)19-8-6-13(14,15)16;/h5-8H2,1-4H3,(H2,17,18,19);1H. The zero-order valence-electron chi connectivity index (χ0n) is 13.2. The summed E-state index contributed by atoms with van der Waals surface area (Å²) in [5.41, 5.74) is 3.21. The third-order valence-electron chi connectivity index (χ3n) is 3.25. The minimum Gasteiger partial charge on any atom is -0.356 e. The van der Waals surface area contributed by atoms with Gasteiger partial charge in [-0.1, -0.05) is 0 Å². The maximum absolute atomic E-state index is 12.1. The lowest BCUT2D eigenvalue weighted by Gasteiger charge is -2.13. The molecule has 0 unspecified atom stereocenters. The molecule has 0 atom stereocenters. The highest BCUT2D eigenvalue weighted by atomic mass is 127. The number of guanidine groups is 1. The first kappa shape index (κ1) is 21.0. The van der Waals surface area contributed by atoms with E-state index in [4.69, 9.17) is 0 Å². The van der Waals surface area contributed by atoms with Crippen LogP contribution in [0.5, 0.6) is 0 Å². The number of aromatic nitrogens is 2. The zero-order chi connectivity index (χ0) is 16.0. The van der Waals surface area contributed by atoms with Crippen LogP contribution in [0.2, 0.25) is 0 Å². The fraction of sp³-hybridized carbons (Fsp3) is 0.692. The van der Waals surface area contributed by atoms with Crippen LogP contribution >= 0.6 is 24.0 Å². The largest absolute Gasteiger partial charge is 0.390 e. The van der Waals surface area contributed by atoms with E-state index >= 15 is 0 Å². The molecule has 1 rings (SSSR count). The first-order chi connectivity index (χ1) is 9.74. The molecule has 0 aliphatic heterocycles. The number of hydrogen-bond donors (Lipinski definition) is 2. The van der Waals surface area contributed by atoms with Crippen LogP contribution in [0.15, 0.2) is 4.99 Å². The number of nitrogens with one attached hydrogen (secondary N) is 2. The Balaban J connectivity index is 0.00000441. The average Bonchev–Trinajstić information content (AvgIpc) is 2.61. The molecule has 2 N–H and O–H groups in total. The SMILES string of the molecule is CN=C(NCCc1c(C)nn(C)c1C)NCCC(F)(F)F.I. The van der Waals surface area contributed by atoms with E-state index in [1.54, 1.807) is 0 Å². The smallest absolute Gasteiger partial charge is 0.356 e. The van der Waals surface area contributed by atoms with Crippen molar-refractivity contribution in [2.24, 2.45) is 12.0 Å². The van der Waals surface area contributed by atoms with Gasteiger partial charge in [0, 0.05) is 32.9 Å². The van der Waals surface area contributed by atoms with Crippen LogP contribution in [0.4, 0.5) is 13.2 Å². The third-order valence-corrected chi connectivity index (χ3v) is 3.25. The first-order valence-corrected chi connectivity index (χ1v) is 6.75. The molecule has 1 aromatic rings. The molecule has 1 heterocycles. The second-order valence-electron chi connectivity index (χ2n) is 4.81. The number of alkyl halides is 3. The molecule has 1 aromatic heterocycles. The predicted octanol–water partition coefficient (Wildman–Crippen LogP) is 2.31. The molecule has 0 spiro atoms. The molecule has 0 aromatic carbocycles. The number of aliphatic imine (C=N–C) groups is 1. The Morgan fingerprint density at radius 1 is 1.23 bits per heavy atom. The predicted molar refractivity (Wildman–Crippen MR) is 91.8 cm³/mol. The second kappa shape index (κ2) is 9.21. The van der Waals surface area contributed by atoms with E-state index in [1.165, 1.54) is 7.05 Å². The van der Waals surface area contributed by atoms with Gasteiger partial charge in [-0.25, -0.2) is 0 Å². The first-order valence-electron chi connectivity index (χ1n) is 6.75. The van der Waals surface area contributed by atoms with Crippen LogP contribution in [-0.2, 0) is 13.5 Å². The molecule has 128 valence electrons. The summed E-state index contributed by atoms with van der Waals surface area (Å²) >= 11 is 0. The number of hydrogen-bond acceptors (Lipinski definition) is 2. The average molecular weight is 433 g/mol. The number of halogens is 4. The summed E-state index contributed by atoms with van der Waals surface area (Å²) in [6.45, 7) is 4.33. The number of aryl methyl sites for hydroxylation is 2. The summed E-state index contributed by atoms with van der Waals surface area (Å²) in [5, 5.41) is 9.97. The van der Waals surface area contributed by atoms with E-state index in [0.717, 1.165) is 23.4 Å². The summed E-state index contributed by atoms with van der Waals surface area (Å²) in [6, 6.07) is 0. The second-order valence-corrected chi connectivity index (χ2v) is 4.81. The van der Waals surface area contributed by atoms with Crippen molar-refractivity contribution in [3.8, 4) is 0 Å². The molecule has 0 aliphatic rings. The minimum atomic E-state index is -4.16. The summed E-state index contributed by atoms with van der Waals surface area (Å²) < 4.78 is 38.0. The highest BCUT2D eigenvalue weighted by Crippen LogP contribution is 2.18. The van der Waals surface area contributed by atoms with Crippen LogP contribution in [-0.4, -0.2) is 42.1 Å². The molecule has 0 aliphatic carbocycles. The van der Waals surface area contributed by atoms with E-state index in [1.807, 2.05) is 25.6 Å². The fourth-order valence-electron chi connectivity index (χ4n) is 2.03. The quantitative estimate of drug-likeness (QED) is 0.426. The van der Waals surface area contributed by atoms with Gasteiger partial charge in [0.2, 0.25) is 0 Å². The van der Waals surface area contributed by atoms with E-state index < -0.39 is 12.6 Å². The van der Waals surface area contributed by atoms with Gasteiger partial charge in [-0.05, 0) is 25.8 Å². The monoisotopic (exact) mass is 433 g/mol. The van der Waals surface area contributed by atoms with Gasteiger partial charge < -0.3 is 10.6 Å². The molecule has 0 fully saturated rings. The van der Waals surface area contributed by atoms with Gasteiger partial charge in [-0.3, -0.25) is 9.67 Å². The molecule has 0 amide bonds. The van der Waals surface area contributed by atoms with Crippen molar-refractivity contribution >= 4 is 29.9 Å². The van der Waals surface area contributed by atoms with Crippen LogP contribution in [0.1, 0.15) is 23.4 Å². The van der Waals surface area contributed by atoms with Crippen molar-refractivity contribution in [1.29, 1.82) is 0 Å². The lowest BCUT2D eigenvalue weighted by molar-refractivity contribution is -0.132. The molecule has 0 bridgehead atoms. The Labute approximate surface area is 145 Å². The van der Waals surface area contributed by atoms with Crippen molar-refractivity contribution in [3.05, 3.63) is 17.0 Å². The Kier molecular flexibility index (Phi) is 8.79. The summed E-state index contributed by atoms with van der Waals surface area (Å²) in [7, 11) is 3.42. The number of rotatable bonds is 5. The van der Waals surface area contributed by atoms with Gasteiger partial charge in [0.05, 0.1) is 12.1 Å². The Hall–Kier alpha value is -1.00. The summed E-state index contributed by atoms with van der Waals surface area (Å²) in [6.07, 6.45) is -4.30. The van der Waals surface area contributed by atoms with Crippen molar-refractivity contribution in [2.45, 2.75) is 32.9 Å². The van der Waals surface area contributed by atoms with Crippen LogP contribution < -0.4 is 10.6 Å². The third kappa shape index (κ3) is 6.84. The van der Waals surface area contributed by atoms with Crippen molar-refractivity contribution in [1.82, 2.24) is 20.4 Å². The Bertz CT molecular complexity index is 497. The van der Waals surface area contributed by atoms with Gasteiger partial charge in [-0.2, -0.15) is 18.3 Å². The highest BCUT2D eigenvalue weighted by molar-refractivity contribution is 14.0. The molecule has 9 heteroatoms. The van der Waals surface area contributed by atoms with E-state index in [2.05, 4.69) is 20.7 Å². The van der Waals surface area contributed by atoms with Gasteiger partial charge in [0.25, 0.3) is 0 Å². The molecule has 0 saturated heterocycles. The van der Waals surface area contributed by atoms with Crippen LogP contribution in [0.3, 0.4) is 0 Å². The normalized spacial score (nSPS) is 12.0. The van der Waals surface area contributed by atoms with Gasteiger partial charge >= 0.3 is 6.18 Å². The van der Waals surface area contributed by atoms with Crippen LogP contribution in [0, 0.1) is 13.8 Å². The molecular formula is C13H23F3IN5. The topological polar surface area (TPSA) is 54.2 Å². The molecule has 5 nitrogen and oxygen atoms in total. The molecular weight excluding hydrogens is 410 g/mol. The minimum absolute atomic E-state index is 0. The van der Waals surface area contributed by atoms with Crippen molar-refractivity contribution in [2.75, 3.05) is 20.1 Å². The van der Waals surface area contributed by atoms with Crippen molar-refractivity contribution < 1.29 is 13.2 Å². The Morgan fingerprint density at radius 2 is 1.82 bits per heavy atom. The molecule has 22 heavy (non-hydrogen) atoms. The molecule has 0 saturated carbocycles. The van der Waals surface area contributed by atoms with Gasteiger partial charge in [-0.15, -0.1) is 24.0 Å². The zero-order valence-corrected chi connectivity index (χ0v) is 15.5. The fourth-order valence-corrected chi connectivity index (χ4v) is 2.03.